The third-order valence-corrected chi connectivity index (χ3v) is 8.07. The van der Waals surface area contributed by atoms with Gasteiger partial charge in [-0.15, -0.1) is 0 Å². The molecule has 4 aromatic rings. The van der Waals surface area contributed by atoms with Gasteiger partial charge in [-0.05, 0) is 22.3 Å². The van der Waals surface area contributed by atoms with E-state index in [1.807, 2.05) is 109 Å². The summed E-state index contributed by atoms with van der Waals surface area (Å²) in [4.78, 5) is 27.1. The van der Waals surface area contributed by atoms with Gasteiger partial charge in [0.1, 0.15) is 18.3 Å². The molecular formula is C39H43NO7. The molecule has 5 atom stereocenters. The quantitative estimate of drug-likeness (QED) is 0.128. The highest BCUT2D eigenvalue weighted by Crippen LogP contribution is 2.33. The lowest BCUT2D eigenvalue weighted by Crippen LogP contribution is -2.69. The number of rotatable bonds is 17. The molecule has 246 valence electrons. The highest BCUT2D eigenvalue weighted by molar-refractivity contribution is 5.66. The highest BCUT2D eigenvalue weighted by Gasteiger charge is 2.51. The topological polar surface area (TPSA) is 83.5 Å². The molecule has 0 saturated carbocycles. The molecule has 0 bridgehead atoms. The van der Waals surface area contributed by atoms with Crippen molar-refractivity contribution in [1.29, 1.82) is 0 Å². The van der Waals surface area contributed by atoms with Gasteiger partial charge in [0.2, 0.25) is 0 Å². The van der Waals surface area contributed by atoms with Crippen LogP contribution >= 0.6 is 0 Å². The monoisotopic (exact) mass is 637 g/mol. The van der Waals surface area contributed by atoms with E-state index in [9.17, 15) is 9.59 Å². The van der Waals surface area contributed by atoms with Crippen molar-refractivity contribution in [2.75, 3.05) is 13.2 Å². The standard InChI is InChI=1S/C39H43NO7/c1-29(41)46-35-24-40(23-31-15-7-3-8-16-31)37(35)39(45-27-34-21-13-6-14-22-34)38(44-26-33-19-11-5-12-20-33)36(47-30(2)42)28-43-25-32-17-9-4-10-18-32/h3-22,35-39H,23-28H2,1-2H3/t35-,36-,37+,38+,39-/m1/s1. The number of likely N-dealkylation sites (tertiary alicyclic amines) is 1. The Labute approximate surface area is 277 Å². The van der Waals surface area contributed by atoms with Crippen LogP contribution in [0.5, 0.6) is 0 Å². The van der Waals surface area contributed by atoms with Gasteiger partial charge >= 0.3 is 11.9 Å². The molecule has 8 heteroatoms. The molecule has 4 aromatic carbocycles. The molecule has 47 heavy (non-hydrogen) atoms. The van der Waals surface area contributed by atoms with E-state index in [0.29, 0.717) is 19.7 Å². The average molecular weight is 638 g/mol. The van der Waals surface area contributed by atoms with E-state index in [-0.39, 0.29) is 25.8 Å². The Morgan fingerprint density at radius 2 is 1.15 bits per heavy atom. The Balaban J connectivity index is 1.49. The molecule has 0 N–H and O–H groups in total. The molecule has 0 aliphatic carbocycles. The SMILES string of the molecule is CC(=O)O[C@H](COCc1ccccc1)[C@H](OCc1ccccc1)[C@H](OCc1ccccc1)[C@@H]1[C@H](OC(C)=O)CN1Cc1ccccc1. The van der Waals surface area contributed by atoms with E-state index in [2.05, 4.69) is 17.0 Å². The number of nitrogens with zero attached hydrogens (tertiary/aromatic N) is 1. The normalized spacial score (nSPS) is 18.0. The summed E-state index contributed by atoms with van der Waals surface area (Å²) in [6.07, 6.45) is -2.73. The third-order valence-electron chi connectivity index (χ3n) is 8.07. The molecule has 0 amide bonds. The molecule has 1 aliphatic rings. The predicted molar refractivity (Wildman–Crippen MR) is 178 cm³/mol. The second-order valence-corrected chi connectivity index (χ2v) is 11.7. The van der Waals surface area contributed by atoms with Gasteiger partial charge in [-0.1, -0.05) is 121 Å². The number of ether oxygens (including phenoxy) is 5. The minimum absolute atomic E-state index is 0.0722. The summed E-state index contributed by atoms with van der Waals surface area (Å²) in [6.45, 7) is 4.86. The third kappa shape index (κ3) is 10.3. The van der Waals surface area contributed by atoms with Crippen LogP contribution in [0, 0.1) is 0 Å². The summed E-state index contributed by atoms with van der Waals surface area (Å²) >= 11 is 0. The van der Waals surface area contributed by atoms with Crippen LogP contribution in [0.15, 0.2) is 121 Å². The summed E-state index contributed by atoms with van der Waals surface area (Å²) in [6, 6.07) is 39.2. The Hall–Kier alpha value is -4.34. The van der Waals surface area contributed by atoms with Gasteiger partial charge in [0.25, 0.3) is 0 Å². The zero-order valence-electron chi connectivity index (χ0n) is 27.0. The second kappa shape index (κ2) is 17.5. The van der Waals surface area contributed by atoms with Crippen molar-refractivity contribution in [3.63, 3.8) is 0 Å². The minimum atomic E-state index is -0.821. The Morgan fingerprint density at radius 3 is 1.66 bits per heavy atom. The Bertz CT molecular complexity index is 1500. The van der Waals surface area contributed by atoms with Crippen LogP contribution in [0.3, 0.4) is 0 Å². The van der Waals surface area contributed by atoms with E-state index >= 15 is 0 Å². The van der Waals surface area contributed by atoms with E-state index < -0.39 is 36.4 Å². The van der Waals surface area contributed by atoms with Crippen molar-refractivity contribution in [3.05, 3.63) is 144 Å². The lowest BCUT2D eigenvalue weighted by atomic mass is 9.87. The predicted octanol–water partition coefficient (Wildman–Crippen LogP) is 6.12. The first-order valence-corrected chi connectivity index (χ1v) is 16.0. The van der Waals surface area contributed by atoms with Crippen LogP contribution in [0.2, 0.25) is 0 Å². The molecule has 0 unspecified atom stereocenters. The van der Waals surface area contributed by atoms with Gasteiger partial charge in [0.15, 0.2) is 6.10 Å². The average Bonchev–Trinajstić information content (AvgIpc) is 3.08. The summed E-state index contributed by atoms with van der Waals surface area (Å²) < 4.78 is 31.5. The maximum Gasteiger partial charge on any atom is 0.303 e. The van der Waals surface area contributed by atoms with Crippen LogP contribution in [-0.4, -0.2) is 60.4 Å². The zero-order chi connectivity index (χ0) is 32.8. The molecule has 5 rings (SSSR count). The summed E-state index contributed by atoms with van der Waals surface area (Å²) in [5, 5.41) is 0. The van der Waals surface area contributed by atoms with Crippen molar-refractivity contribution >= 4 is 11.9 Å². The fourth-order valence-electron chi connectivity index (χ4n) is 5.90. The van der Waals surface area contributed by atoms with Crippen molar-refractivity contribution in [3.8, 4) is 0 Å². The van der Waals surface area contributed by atoms with E-state index in [1.165, 1.54) is 13.8 Å². The first-order chi connectivity index (χ1) is 23.0. The molecule has 0 radical (unpaired) electrons. The van der Waals surface area contributed by atoms with Crippen LogP contribution < -0.4 is 0 Å². The smallest absolute Gasteiger partial charge is 0.303 e. The summed E-state index contributed by atoms with van der Waals surface area (Å²) in [7, 11) is 0. The molecule has 1 heterocycles. The first-order valence-electron chi connectivity index (χ1n) is 16.0. The fraction of sp³-hybridized carbons (Fsp3) is 0.333. The van der Waals surface area contributed by atoms with E-state index in [4.69, 9.17) is 23.7 Å². The lowest BCUT2D eigenvalue weighted by Gasteiger charge is -2.52. The fourth-order valence-corrected chi connectivity index (χ4v) is 5.90. The number of esters is 2. The van der Waals surface area contributed by atoms with Gasteiger partial charge in [0.05, 0.1) is 32.5 Å². The molecule has 0 aromatic heterocycles. The Morgan fingerprint density at radius 1 is 0.660 bits per heavy atom. The van der Waals surface area contributed by atoms with Crippen molar-refractivity contribution < 1.29 is 33.3 Å². The van der Waals surface area contributed by atoms with Gasteiger partial charge in [-0.2, -0.15) is 0 Å². The largest absolute Gasteiger partial charge is 0.459 e. The van der Waals surface area contributed by atoms with E-state index in [1.54, 1.807) is 0 Å². The number of carbonyl (C=O) groups excluding carboxylic acids is 2. The lowest BCUT2D eigenvalue weighted by molar-refractivity contribution is -0.221. The van der Waals surface area contributed by atoms with Gasteiger partial charge < -0.3 is 23.7 Å². The maximum atomic E-state index is 12.6. The molecule has 1 fully saturated rings. The highest BCUT2D eigenvalue weighted by atomic mass is 16.6. The Kier molecular flexibility index (Phi) is 12.7. The summed E-state index contributed by atoms with van der Waals surface area (Å²) in [5.41, 5.74) is 4.04. The van der Waals surface area contributed by atoms with Crippen LogP contribution in [0.25, 0.3) is 0 Å². The number of hydrogen-bond acceptors (Lipinski definition) is 8. The second-order valence-electron chi connectivity index (χ2n) is 11.7. The number of hydrogen-bond donors (Lipinski definition) is 0. The van der Waals surface area contributed by atoms with Crippen molar-refractivity contribution in [1.82, 2.24) is 4.90 Å². The van der Waals surface area contributed by atoms with Crippen molar-refractivity contribution in [2.45, 2.75) is 70.7 Å². The number of benzene rings is 4. The van der Waals surface area contributed by atoms with Crippen LogP contribution in [-0.2, 0) is 59.6 Å². The van der Waals surface area contributed by atoms with Gasteiger partial charge in [-0.25, -0.2) is 0 Å². The van der Waals surface area contributed by atoms with Crippen LogP contribution in [0.1, 0.15) is 36.1 Å². The summed E-state index contributed by atoms with van der Waals surface area (Å²) in [5.74, 6) is -0.828. The van der Waals surface area contributed by atoms with Gasteiger partial charge in [-0.3, -0.25) is 14.5 Å². The van der Waals surface area contributed by atoms with Crippen molar-refractivity contribution in [2.24, 2.45) is 0 Å². The number of carbonyl (C=O) groups is 2. The molecule has 1 saturated heterocycles. The zero-order valence-corrected chi connectivity index (χ0v) is 27.0. The minimum Gasteiger partial charge on any atom is -0.459 e. The van der Waals surface area contributed by atoms with Gasteiger partial charge in [0, 0.05) is 26.9 Å². The van der Waals surface area contributed by atoms with E-state index in [0.717, 1.165) is 22.3 Å². The first kappa shape index (κ1) is 34.0. The van der Waals surface area contributed by atoms with Crippen LogP contribution in [0.4, 0.5) is 0 Å². The maximum absolute atomic E-state index is 12.6. The molecule has 8 nitrogen and oxygen atoms in total. The molecular weight excluding hydrogens is 594 g/mol. The molecule has 0 spiro atoms. The molecule has 1 aliphatic heterocycles.